The van der Waals surface area contributed by atoms with Crippen LogP contribution in [0.5, 0.6) is 5.75 Å². The Balaban J connectivity index is 1.43. The van der Waals surface area contributed by atoms with Crippen molar-refractivity contribution in [2.75, 3.05) is 7.11 Å². The third-order valence-corrected chi connectivity index (χ3v) is 7.21. The van der Waals surface area contributed by atoms with E-state index in [1.807, 2.05) is 65.7 Å². The summed E-state index contributed by atoms with van der Waals surface area (Å²) in [5, 5.41) is 9.11. The minimum absolute atomic E-state index is 0.0956. The lowest BCUT2D eigenvalue weighted by Crippen LogP contribution is -2.26. The topological polar surface area (TPSA) is 54.3 Å². The first-order chi connectivity index (χ1) is 17.7. The Labute approximate surface area is 213 Å². The molecule has 0 aromatic heterocycles. The van der Waals surface area contributed by atoms with Gasteiger partial charge in [-0.3, -0.25) is 4.79 Å². The van der Waals surface area contributed by atoms with Gasteiger partial charge < -0.3 is 4.74 Å². The molecule has 1 amide bonds. The van der Waals surface area contributed by atoms with E-state index < -0.39 is 0 Å². The molecule has 1 atom stereocenters. The SMILES string of the molecule is COc1ccc([C@@H]2CC(c3ccc4ccccc4c3)=NN2C2=NC(=O)S/C2=C\c2ccccc2)cc1. The number of carbonyl (C=O) groups excluding carboxylic acids is 1. The molecule has 0 radical (unpaired) electrons. The number of benzene rings is 4. The number of ether oxygens (including phenoxy) is 1. The van der Waals surface area contributed by atoms with Gasteiger partial charge in [0.1, 0.15) is 5.75 Å². The number of carbonyl (C=O) groups is 1. The number of methoxy groups -OCH3 is 1. The number of hydrazone groups is 1. The summed E-state index contributed by atoms with van der Waals surface area (Å²) in [6, 6.07) is 32.7. The smallest absolute Gasteiger partial charge is 0.311 e. The Kier molecular flexibility index (Phi) is 5.87. The number of hydrogen-bond acceptors (Lipinski definition) is 5. The number of thioether (sulfide) groups is 1. The second-order valence-corrected chi connectivity index (χ2v) is 9.66. The van der Waals surface area contributed by atoms with Gasteiger partial charge in [0.2, 0.25) is 0 Å². The number of hydrogen-bond donors (Lipinski definition) is 0. The van der Waals surface area contributed by atoms with Crippen LogP contribution >= 0.6 is 11.8 Å². The molecule has 0 saturated carbocycles. The molecule has 0 bridgehead atoms. The Bertz CT molecular complexity index is 1540. The molecule has 176 valence electrons. The lowest BCUT2D eigenvalue weighted by Gasteiger charge is -2.24. The summed E-state index contributed by atoms with van der Waals surface area (Å²) in [6.07, 6.45) is 2.70. The molecule has 2 heterocycles. The van der Waals surface area contributed by atoms with Crippen molar-refractivity contribution in [2.45, 2.75) is 12.5 Å². The fourth-order valence-corrected chi connectivity index (χ4v) is 5.34. The van der Waals surface area contributed by atoms with Crippen LogP contribution in [-0.2, 0) is 0 Å². The highest BCUT2D eigenvalue weighted by Gasteiger charge is 2.37. The highest BCUT2D eigenvalue weighted by molar-refractivity contribution is 8.18. The number of fused-ring (bicyclic) bond motifs is 1. The maximum absolute atomic E-state index is 12.5. The van der Waals surface area contributed by atoms with Crippen LogP contribution in [0.3, 0.4) is 0 Å². The molecule has 0 saturated heterocycles. The molecule has 5 nitrogen and oxygen atoms in total. The van der Waals surface area contributed by atoms with Gasteiger partial charge in [-0.1, -0.05) is 78.9 Å². The van der Waals surface area contributed by atoms with Crippen LogP contribution < -0.4 is 4.74 Å². The largest absolute Gasteiger partial charge is 0.497 e. The molecule has 2 aliphatic rings. The van der Waals surface area contributed by atoms with Gasteiger partial charge in [0.05, 0.1) is 23.8 Å². The van der Waals surface area contributed by atoms with Gasteiger partial charge in [0.25, 0.3) is 0 Å². The molecular weight excluding hydrogens is 466 g/mol. The van der Waals surface area contributed by atoms with Gasteiger partial charge in [0, 0.05) is 6.42 Å². The summed E-state index contributed by atoms with van der Waals surface area (Å²) in [7, 11) is 1.66. The zero-order valence-electron chi connectivity index (χ0n) is 19.7. The maximum Gasteiger partial charge on any atom is 0.311 e. The van der Waals surface area contributed by atoms with E-state index in [-0.39, 0.29) is 11.3 Å². The van der Waals surface area contributed by atoms with Gasteiger partial charge >= 0.3 is 5.24 Å². The van der Waals surface area contributed by atoms with Crippen molar-refractivity contribution in [1.82, 2.24) is 5.01 Å². The van der Waals surface area contributed by atoms with E-state index >= 15 is 0 Å². The fourth-order valence-electron chi connectivity index (χ4n) is 4.60. The molecule has 4 aromatic carbocycles. The van der Waals surface area contributed by atoms with Crippen molar-refractivity contribution in [3.63, 3.8) is 0 Å². The summed E-state index contributed by atoms with van der Waals surface area (Å²) in [4.78, 5) is 17.7. The molecule has 36 heavy (non-hydrogen) atoms. The van der Waals surface area contributed by atoms with Crippen molar-refractivity contribution in [3.05, 3.63) is 119 Å². The zero-order chi connectivity index (χ0) is 24.5. The lowest BCUT2D eigenvalue weighted by molar-refractivity contribution is 0.267. The minimum Gasteiger partial charge on any atom is -0.497 e. The number of rotatable bonds is 4. The molecular formula is C30H23N3O2S. The number of nitrogens with zero attached hydrogens (tertiary/aromatic N) is 3. The summed E-state index contributed by atoms with van der Waals surface area (Å²) < 4.78 is 5.36. The standard InChI is InChI=1S/C30H23N3O2S/c1-35-25-15-13-22(14-16-25)27-19-26(24-12-11-21-9-5-6-10-23(21)18-24)32-33(27)29-28(36-30(34)31-29)17-20-7-3-2-4-8-20/h2-18,27H,19H2,1H3/b28-17-/t27-/m0/s1. The number of amides is 1. The van der Waals surface area contributed by atoms with Gasteiger partial charge in [-0.25, -0.2) is 5.01 Å². The molecule has 0 spiro atoms. The van der Waals surface area contributed by atoms with E-state index in [0.717, 1.165) is 44.8 Å². The lowest BCUT2D eigenvalue weighted by atomic mass is 9.97. The fraction of sp³-hybridized carbons (Fsp3) is 0.100. The van der Waals surface area contributed by atoms with Crippen molar-refractivity contribution in [2.24, 2.45) is 10.1 Å². The summed E-state index contributed by atoms with van der Waals surface area (Å²) in [5.74, 6) is 1.39. The molecule has 0 N–H and O–H groups in total. The van der Waals surface area contributed by atoms with E-state index in [1.54, 1.807) is 7.11 Å². The molecule has 0 unspecified atom stereocenters. The first-order valence-corrected chi connectivity index (χ1v) is 12.6. The predicted octanol–water partition coefficient (Wildman–Crippen LogP) is 7.31. The van der Waals surface area contributed by atoms with Crippen LogP contribution in [0.15, 0.2) is 112 Å². The normalized spacial score (nSPS) is 18.6. The highest BCUT2D eigenvalue weighted by Crippen LogP contribution is 2.40. The Morgan fingerprint density at radius 2 is 1.67 bits per heavy atom. The summed E-state index contributed by atoms with van der Waals surface area (Å²) in [6.45, 7) is 0. The second kappa shape index (κ2) is 9.47. The third kappa shape index (κ3) is 4.32. The highest BCUT2D eigenvalue weighted by atomic mass is 32.2. The summed E-state index contributed by atoms with van der Waals surface area (Å²) >= 11 is 1.15. The Hall–Kier alpha value is -4.16. The van der Waals surface area contributed by atoms with Crippen LogP contribution in [0, 0.1) is 0 Å². The van der Waals surface area contributed by atoms with Crippen molar-refractivity contribution in [3.8, 4) is 5.75 Å². The van der Waals surface area contributed by atoms with Gasteiger partial charge in [-0.2, -0.15) is 10.1 Å². The monoisotopic (exact) mass is 489 g/mol. The number of amidine groups is 1. The van der Waals surface area contributed by atoms with Gasteiger partial charge in [0.15, 0.2) is 5.84 Å². The van der Waals surface area contributed by atoms with E-state index in [2.05, 4.69) is 47.5 Å². The first kappa shape index (κ1) is 22.3. The summed E-state index contributed by atoms with van der Waals surface area (Å²) in [5.41, 5.74) is 4.14. The minimum atomic E-state index is -0.227. The van der Waals surface area contributed by atoms with Crippen molar-refractivity contribution >= 4 is 45.4 Å². The molecule has 2 aliphatic heterocycles. The third-order valence-electron chi connectivity index (χ3n) is 6.42. The van der Waals surface area contributed by atoms with Crippen LogP contribution in [0.25, 0.3) is 16.8 Å². The predicted molar refractivity (Wildman–Crippen MR) is 148 cm³/mol. The Morgan fingerprint density at radius 1 is 0.917 bits per heavy atom. The number of aliphatic imine (C=N–C) groups is 1. The van der Waals surface area contributed by atoms with E-state index in [4.69, 9.17) is 9.84 Å². The molecule has 4 aromatic rings. The quantitative estimate of drug-likeness (QED) is 0.302. The molecule has 6 heteroatoms. The van der Waals surface area contributed by atoms with Gasteiger partial charge in [-0.15, -0.1) is 0 Å². The van der Waals surface area contributed by atoms with Gasteiger partial charge in [-0.05, 0) is 63.5 Å². The maximum atomic E-state index is 12.5. The molecule has 0 aliphatic carbocycles. The Morgan fingerprint density at radius 3 is 2.44 bits per heavy atom. The van der Waals surface area contributed by atoms with Crippen molar-refractivity contribution < 1.29 is 9.53 Å². The average Bonchev–Trinajstić information content (AvgIpc) is 3.52. The zero-order valence-corrected chi connectivity index (χ0v) is 20.5. The van der Waals surface area contributed by atoms with Crippen LogP contribution in [-0.4, -0.2) is 28.9 Å². The van der Waals surface area contributed by atoms with Crippen LogP contribution in [0.1, 0.15) is 29.2 Å². The van der Waals surface area contributed by atoms with E-state index in [1.165, 1.54) is 10.8 Å². The molecule has 0 fully saturated rings. The second-order valence-electron chi connectivity index (χ2n) is 8.67. The average molecular weight is 490 g/mol. The van der Waals surface area contributed by atoms with E-state index in [0.29, 0.717) is 12.3 Å². The van der Waals surface area contributed by atoms with Crippen LogP contribution in [0.4, 0.5) is 4.79 Å². The van der Waals surface area contributed by atoms with Crippen molar-refractivity contribution in [1.29, 1.82) is 0 Å². The van der Waals surface area contributed by atoms with E-state index in [9.17, 15) is 4.79 Å². The molecule has 6 rings (SSSR count). The first-order valence-electron chi connectivity index (χ1n) is 11.8. The van der Waals surface area contributed by atoms with Crippen LogP contribution in [0.2, 0.25) is 0 Å².